The Morgan fingerprint density at radius 1 is 1.13 bits per heavy atom. The SMILES string of the molecule is CCN(CCCCNC[C@H](O)c1ccc(O)c2[nH]c(=O)ccc12)C(=O)c1ccc(COC2=C[CH]CC=C2)cc1. The molecule has 4 N–H and O–H groups in total. The van der Waals surface area contributed by atoms with E-state index in [9.17, 15) is 19.8 Å². The molecule has 8 heteroatoms. The highest BCUT2D eigenvalue weighted by atomic mass is 16.5. The quantitative estimate of drug-likeness (QED) is 0.244. The zero-order chi connectivity index (χ0) is 27.6. The number of carbonyl (C=O) groups is 1. The molecule has 0 unspecified atom stereocenters. The number of phenolic OH excluding ortho intramolecular Hbond substituents is 1. The van der Waals surface area contributed by atoms with Gasteiger partial charge in [0.25, 0.3) is 5.91 Å². The van der Waals surface area contributed by atoms with Gasteiger partial charge in [0.2, 0.25) is 5.56 Å². The molecule has 0 spiro atoms. The molecule has 1 radical (unpaired) electrons. The van der Waals surface area contributed by atoms with Crippen LogP contribution < -0.4 is 10.9 Å². The fraction of sp³-hybridized carbons (Fsp3) is 0.323. The second-order valence-corrected chi connectivity index (χ2v) is 9.53. The highest BCUT2D eigenvalue weighted by Gasteiger charge is 2.15. The number of aromatic hydroxyl groups is 1. The van der Waals surface area contributed by atoms with Crippen molar-refractivity contribution in [1.82, 2.24) is 15.2 Å². The van der Waals surface area contributed by atoms with Crippen LogP contribution in [0.1, 0.15) is 53.8 Å². The Hall–Kier alpha value is -3.88. The van der Waals surface area contributed by atoms with Crippen LogP contribution in [0.25, 0.3) is 10.9 Å². The first-order chi connectivity index (χ1) is 19.0. The number of aliphatic hydroxyl groups is 1. The number of H-pyrrole nitrogens is 1. The summed E-state index contributed by atoms with van der Waals surface area (Å²) in [5.74, 6) is 0.822. The Kier molecular flexibility index (Phi) is 9.94. The lowest BCUT2D eigenvalue weighted by atomic mass is 10.0. The third-order valence-electron chi connectivity index (χ3n) is 6.75. The number of aromatic amines is 1. The van der Waals surface area contributed by atoms with Gasteiger partial charge in [0, 0.05) is 36.7 Å². The van der Waals surface area contributed by atoms with Crippen molar-refractivity contribution in [3.8, 4) is 5.75 Å². The van der Waals surface area contributed by atoms with Gasteiger partial charge >= 0.3 is 0 Å². The molecule has 1 aliphatic rings. The zero-order valence-electron chi connectivity index (χ0n) is 22.2. The summed E-state index contributed by atoms with van der Waals surface area (Å²) in [5.41, 5.74) is 2.31. The van der Waals surface area contributed by atoms with Crippen LogP contribution in [-0.2, 0) is 11.3 Å². The minimum Gasteiger partial charge on any atom is -0.506 e. The number of phenols is 1. The number of aromatic nitrogens is 1. The Bertz CT molecular complexity index is 1380. The molecule has 205 valence electrons. The van der Waals surface area contributed by atoms with Crippen LogP contribution in [0.2, 0.25) is 0 Å². The van der Waals surface area contributed by atoms with E-state index in [4.69, 9.17) is 4.74 Å². The van der Waals surface area contributed by atoms with Crippen LogP contribution in [0.15, 0.2) is 77.3 Å². The number of pyridine rings is 1. The van der Waals surface area contributed by atoms with Crippen LogP contribution in [0.4, 0.5) is 0 Å². The van der Waals surface area contributed by atoms with Crippen LogP contribution >= 0.6 is 0 Å². The maximum Gasteiger partial charge on any atom is 0.253 e. The molecule has 4 rings (SSSR count). The largest absolute Gasteiger partial charge is 0.506 e. The number of rotatable bonds is 13. The molecule has 0 bridgehead atoms. The van der Waals surface area contributed by atoms with E-state index in [1.54, 1.807) is 12.1 Å². The lowest BCUT2D eigenvalue weighted by molar-refractivity contribution is 0.0761. The summed E-state index contributed by atoms with van der Waals surface area (Å²) in [6, 6.07) is 13.7. The van der Waals surface area contributed by atoms with Gasteiger partial charge in [-0.05, 0) is 86.7 Å². The fourth-order valence-electron chi connectivity index (χ4n) is 4.55. The van der Waals surface area contributed by atoms with Gasteiger partial charge in [0.15, 0.2) is 0 Å². The van der Waals surface area contributed by atoms with Crippen molar-refractivity contribution >= 4 is 16.8 Å². The molecule has 8 nitrogen and oxygen atoms in total. The molecule has 0 aliphatic heterocycles. The molecule has 0 fully saturated rings. The molecule has 1 aliphatic carbocycles. The van der Waals surface area contributed by atoms with Crippen molar-refractivity contribution in [2.45, 2.75) is 38.9 Å². The van der Waals surface area contributed by atoms with Gasteiger partial charge in [-0.25, -0.2) is 0 Å². The molecule has 2 aromatic carbocycles. The van der Waals surface area contributed by atoms with Crippen molar-refractivity contribution in [2.24, 2.45) is 0 Å². The van der Waals surface area contributed by atoms with Crippen molar-refractivity contribution in [3.05, 3.63) is 106 Å². The Morgan fingerprint density at radius 2 is 1.95 bits per heavy atom. The van der Waals surface area contributed by atoms with Gasteiger partial charge in [-0.15, -0.1) is 0 Å². The molecule has 1 amide bonds. The first-order valence-corrected chi connectivity index (χ1v) is 13.4. The van der Waals surface area contributed by atoms with E-state index in [1.165, 1.54) is 12.1 Å². The molecular weight excluding hydrogens is 494 g/mol. The van der Waals surface area contributed by atoms with E-state index in [0.717, 1.165) is 30.6 Å². The third-order valence-corrected chi connectivity index (χ3v) is 6.75. The monoisotopic (exact) mass is 530 g/mol. The van der Waals surface area contributed by atoms with E-state index in [0.29, 0.717) is 54.8 Å². The average Bonchev–Trinajstić information content (AvgIpc) is 2.96. The van der Waals surface area contributed by atoms with Crippen molar-refractivity contribution in [3.63, 3.8) is 0 Å². The number of nitrogens with zero attached hydrogens (tertiary/aromatic N) is 1. The molecule has 1 aromatic heterocycles. The summed E-state index contributed by atoms with van der Waals surface area (Å²) in [7, 11) is 0. The lowest BCUT2D eigenvalue weighted by Crippen LogP contribution is -2.32. The highest BCUT2D eigenvalue weighted by Crippen LogP contribution is 2.28. The van der Waals surface area contributed by atoms with Gasteiger partial charge in [-0.1, -0.05) is 24.3 Å². The summed E-state index contributed by atoms with van der Waals surface area (Å²) in [6.45, 7) is 4.73. The predicted molar refractivity (Wildman–Crippen MR) is 152 cm³/mol. The zero-order valence-corrected chi connectivity index (χ0v) is 22.2. The van der Waals surface area contributed by atoms with Crippen LogP contribution in [0.5, 0.6) is 5.75 Å². The number of carbonyl (C=O) groups excluding carboxylic acids is 1. The third kappa shape index (κ3) is 7.59. The predicted octanol–water partition coefficient (Wildman–Crippen LogP) is 4.36. The number of ether oxygens (including phenoxy) is 1. The summed E-state index contributed by atoms with van der Waals surface area (Å²) in [5, 5.41) is 24.6. The summed E-state index contributed by atoms with van der Waals surface area (Å²) in [6.07, 6.45) is 9.86. The molecule has 1 atom stereocenters. The number of hydrogen-bond acceptors (Lipinski definition) is 6. The first-order valence-electron chi connectivity index (χ1n) is 13.4. The molecule has 1 heterocycles. The second-order valence-electron chi connectivity index (χ2n) is 9.53. The number of benzene rings is 2. The van der Waals surface area contributed by atoms with E-state index in [-0.39, 0.29) is 17.2 Å². The maximum absolute atomic E-state index is 13.0. The summed E-state index contributed by atoms with van der Waals surface area (Å²) < 4.78 is 5.79. The van der Waals surface area contributed by atoms with E-state index < -0.39 is 6.10 Å². The van der Waals surface area contributed by atoms with Crippen LogP contribution in [0.3, 0.4) is 0 Å². The van der Waals surface area contributed by atoms with Crippen molar-refractivity contribution in [2.75, 3.05) is 26.2 Å². The standard InChI is InChI=1S/C31H36N3O5/c1-2-34(31(38)23-12-10-22(11-13-23)21-39-24-8-4-3-5-9-24)19-7-6-18-32-20-28(36)25-14-16-27(35)30-26(25)15-17-29(37)33-30/h4-5,8-17,28,32,35-36H,2-3,6-7,18-21H2,1H3,(H,33,37)/t28-/m0/s1. The fourth-order valence-corrected chi connectivity index (χ4v) is 4.55. The molecular formula is C31H36N3O5. The highest BCUT2D eigenvalue weighted by molar-refractivity contribution is 5.94. The van der Waals surface area contributed by atoms with Crippen LogP contribution in [-0.4, -0.2) is 52.2 Å². The molecule has 39 heavy (non-hydrogen) atoms. The normalized spacial score (nSPS) is 13.7. The maximum atomic E-state index is 13.0. The number of nitrogens with one attached hydrogen (secondary N) is 2. The van der Waals surface area contributed by atoms with Crippen LogP contribution in [0, 0.1) is 6.42 Å². The van der Waals surface area contributed by atoms with E-state index >= 15 is 0 Å². The molecule has 0 saturated carbocycles. The summed E-state index contributed by atoms with van der Waals surface area (Å²) in [4.78, 5) is 29.0. The smallest absolute Gasteiger partial charge is 0.253 e. The minimum absolute atomic E-state index is 0.0121. The minimum atomic E-state index is -0.796. The van der Waals surface area contributed by atoms with E-state index in [2.05, 4.69) is 22.8 Å². The second kappa shape index (κ2) is 13.8. The summed E-state index contributed by atoms with van der Waals surface area (Å²) >= 11 is 0. The number of aliphatic hydroxyl groups excluding tert-OH is 1. The van der Waals surface area contributed by atoms with Gasteiger partial charge in [-0.2, -0.15) is 0 Å². The van der Waals surface area contributed by atoms with Crippen molar-refractivity contribution in [1.29, 1.82) is 0 Å². The van der Waals surface area contributed by atoms with Gasteiger partial charge in [0.05, 0.1) is 11.6 Å². The van der Waals surface area contributed by atoms with E-state index in [1.807, 2.05) is 48.2 Å². The number of fused-ring (bicyclic) bond motifs is 1. The van der Waals surface area contributed by atoms with Gasteiger partial charge < -0.3 is 30.2 Å². The van der Waals surface area contributed by atoms with Gasteiger partial charge in [0.1, 0.15) is 18.1 Å². The number of hydrogen-bond donors (Lipinski definition) is 4. The average molecular weight is 531 g/mol. The van der Waals surface area contributed by atoms with Gasteiger partial charge in [-0.3, -0.25) is 9.59 Å². The Labute approximate surface area is 228 Å². The van der Waals surface area contributed by atoms with Crippen molar-refractivity contribution < 1.29 is 19.7 Å². The first kappa shape index (κ1) is 28.1. The number of allylic oxidation sites excluding steroid dienone is 3. The number of unbranched alkanes of at least 4 members (excludes halogenated alkanes) is 1. The Balaban J connectivity index is 1.19. The number of amides is 1. The topological polar surface area (TPSA) is 115 Å². The Morgan fingerprint density at radius 3 is 2.69 bits per heavy atom. The molecule has 3 aromatic rings. The molecule has 0 saturated heterocycles. The lowest BCUT2D eigenvalue weighted by Gasteiger charge is -2.21.